The molecule has 100 valence electrons. The predicted octanol–water partition coefficient (Wildman–Crippen LogP) is 0.422. The van der Waals surface area contributed by atoms with Gasteiger partial charge in [0.15, 0.2) is 6.61 Å². The SMILES string of the molecule is CC(=O)Oc1ccc2c(c1)N(CC(=O)O)C(=O)CO2. The number of carboxylic acids is 1. The molecule has 0 aliphatic carbocycles. The van der Waals surface area contributed by atoms with Crippen LogP contribution >= 0.6 is 0 Å². The Labute approximate surface area is 108 Å². The number of rotatable bonds is 3. The van der Waals surface area contributed by atoms with Gasteiger partial charge in [-0.2, -0.15) is 0 Å². The third-order valence-electron chi connectivity index (χ3n) is 2.43. The molecule has 0 bridgehead atoms. The third-order valence-corrected chi connectivity index (χ3v) is 2.43. The molecule has 1 N–H and O–H groups in total. The van der Waals surface area contributed by atoms with Crippen LogP contribution in [0.3, 0.4) is 0 Å². The van der Waals surface area contributed by atoms with Crippen LogP contribution in [0, 0.1) is 0 Å². The lowest BCUT2D eigenvalue weighted by molar-refractivity contribution is -0.137. The summed E-state index contributed by atoms with van der Waals surface area (Å²) >= 11 is 0. The van der Waals surface area contributed by atoms with Crippen LogP contribution in [0.2, 0.25) is 0 Å². The minimum Gasteiger partial charge on any atom is -0.482 e. The predicted molar refractivity (Wildman–Crippen MR) is 63.2 cm³/mol. The van der Waals surface area contributed by atoms with Crippen molar-refractivity contribution < 1.29 is 29.0 Å². The highest BCUT2D eigenvalue weighted by Crippen LogP contribution is 2.35. The summed E-state index contributed by atoms with van der Waals surface area (Å²) in [6.45, 7) is 0.558. The smallest absolute Gasteiger partial charge is 0.323 e. The molecule has 7 nitrogen and oxygen atoms in total. The number of carboxylic acid groups (broad SMARTS) is 1. The van der Waals surface area contributed by atoms with Crippen molar-refractivity contribution in [3.05, 3.63) is 18.2 Å². The van der Waals surface area contributed by atoms with Gasteiger partial charge in [-0.3, -0.25) is 19.3 Å². The lowest BCUT2D eigenvalue weighted by Crippen LogP contribution is -2.41. The number of nitrogens with zero attached hydrogens (tertiary/aromatic N) is 1. The van der Waals surface area contributed by atoms with Gasteiger partial charge in [0.05, 0.1) is 5.69 Å². The molecule has 0 saturated heterocycles. The first-order valence-corrected chi connectivity index (χ1v) is 5.45. The van der Waals surface area contributed by atoms with Crippen molar-refractivity contribution in [2.75, 3.05) is 18.1 Å². The normalized spacial score (nSPS) is 13.5. The summed E-state index contributed by atoms with van der Waals surface area (Å²) in [5, 5.41) is 8.80. The molecule has 0 radical (unpaired) electrons. The summed E-state index contributed by atoms with van der Waals surface area (Å²) in [5.41, 5.74) is 0.275. The largest absolute Gasteiger partial charge is 0.482 e. The lowest BCUT2D eigenvalue weighted by atomic mass is 10.2. The maximum Gasteiger partial charge on any atom is 0.323 e. The Morgan fingerprint density at radius 2 is 2.21 bits per heavy atom. The van der Waals surface area contributed by atoms with E-state index in [1.165, 1.54) is 25.1 Å². The highest BCUT2D eigenvalue weighted by molar-refractivity contribution is 6.01. The van der Waals surface area contributed by atoms with Gasteiger partial charge in [-0.25, -0.2) is 0 Å². The molecule has 7 heteroatoms. The average molecular weight is 265 g/mol. The Hall–Kier alpha value is -2.57. The standard InChI is InChI=1S/C12H11NO6/c1-7(14)19-8-2-3-10-9(4-8)13(5-12(16)17)11(15)6-18-10/h2-4H,5-6H2,1H3,(H,16,17). The maximum absolute atomic E-state index is 11.7. The van der Waals surface area contributed by atoms with Crippen LogP contribution in [-0.2, 0) is 14.4 Å². The van der Waals surface area contributed by atoms with E-state index in [1.807, 2.05) is 0 Å². The van der Waals surface area contributed by atoms with E-state index < -0.39 is 24.4 Å². The number of aliphatic carboxylic acids is 1. The zero-order valence-corrected chi connectivity index (χ0v) is 10.1. The van der Waals surface area contributed by atoms with Crippen LogP contribution in [0.4, 0.5) is 5.69 Å². The average Bonchev–Trinajstić information content (AvgIpc) is 2.32. The van der Waals surface area contributed by atoms with Crippen LogP contribution in [0.5, 0.6) is 11.5 Å². The number of hydrogen-bond donors (Lipinski definition) is 1. The second-order valence-corrected chi connectivity index (χ2v) is 3.89. The van der Waals surface area contributed by atoms with Gasteiger partial charge >= 0.3 is 11.9 Å². The van der Waals surface area contributed by atoms with E-state index >= 15 is 0 Å². The van der Waals surface area contributed by atoms with Crippen LogP contribution in [-0.4, -0.2) is 36.1 Å². The van der Waals surface area contributed by atoms with Crippen LogP contribution in [0.25, 0.3) is 0 Å². The van der Waals surface area contributed by atoms with Crippen LogP contribution in [0.1, 0.15) is 6.92 Å². The van der Waals surface area contributed by atoms with E-state index in [0.29, 0.717) is 5.75 Å². The summed E-state index contributed by atoms with van der Waals surface area (Å²) in [5.74, 6) is -1.52. The first-order chi connectivity index (χ1) is 8.97. The van der Waals surface area contributed by atoms with Gasteiger partial charge < -0.3 is 14.6 Å². The molecule has 0 unspecified atom stereocenters. The number of benzene rings is 1. The number of esters is 1. The number of carbonyl (C=O) groups excluding carboxylic acids is 2. The lowest BCUT2D eigenvalue weighted by Gasteiger charge is -2.28. The molecule has 0 spiro atoms. The summed E-state index contributed by atoms with van der Waals surface area (Å²) in [6, 6.07) is 4.43. The summed E-state index contributed by atoms with van der Waals surface area (Å²) in [6.07, 6.45) is 0. The Morgan fingerprint density at radius 3 is 2.84 bits per heavy atom. The summed E-state index contributed by atoms with van der Waals surface area (Å²) < 4.78 is 10.1. The fraction of sp³-hybridized carbons (Fsp3) is 0.250. The minimum absolute atomic E-state index is 0.215. The molecular weight excluding hydrogens is 254 g/mol. The van der Waals surface area contributed by atoms with Crippen LogP contribution in [0.15, 0.2) is 18.2 Å². The van der Waals surface area contributed by atoms with Crippen molar-refractivity contribution in [1.29, 1.82) is 0 Å². The molecule has 2 rings (SSSR count). The number of carbonyl (C=O) groups is 3. The van der Waals surface area contributed by atoms with E-state index in [0.717, 1.165) is 4.90 Å². The number of amides is 1. The highest BCUT2D eigenvalue weighted by atomic mass is 16.5. The van der Waals surface area contributed by atoms with Crippen molar-refractivity contribution in [3.63, 3.8) is 0 Å². The quantitative estimate of drug-likeness (QED) is 0.629. The van der Waals surface area contributed by atoms with E-state index in [2.05, 4.69) is 0 Å². The molecule has 19 heavy (non-hydrogen) atoms. The van der Waals surface area contributed by atoms with Gasteiger partial charge in [0.25, 0.3) is 5.91 Å². The van der Waals surface area contributed by atoms with Gasteiger partial charge in [0, 0.05) is 13.0 Å². The van der Waals surface area contributed by atoms with E-state index in [9.17, 15) is 14.4 Å². The Morgan fingerprint density at radius 1 is 1.47 bits per heavy atom. The number of anilines is 1. The molecule has 1 amide bonds. The number of hydrogen-bond acceptors (Lipinski definition) is 5. The molecule has 1 aromatic carbocycles. The van der Waals surface area contributed by atoms with Gasteiger partial charge in [0.1, 0.15) is 18.0 Å². The second-order valence-electron chi connectivity index (χ2n) is 3.89. The summed E-state index contributed by atoms with van der Waals surface area (Å²) in [7, 11) is 0. The minimum atomic E-state index is -1.14. The number of fused-ring (bicyclic) bond motifs is 1. The molecule has 0 aromatic heterocycles. The van der Waals surface area contributed by atoms with Crippen molar-refractivity contribution in [3.8, 4) is 11.5 Å². The van der Waals surface area contributed by atoms with E-state index in [-0.39, 0.29) is 18.0 Å². The highest BCUT2D eigenvalue weighted by Gasteiger charge is 2.27. The molecule has 1 aliphatic rings. The third kappa shape index (κ3) is 2.82. The monoisotopic (exact) mass is 265 g/mol. The zero-order valence-electron chi connectivity index (χ0n) is 10.1. The molecule has 1 aliphatic heterocycles. The number of ether oxygens (including phenoxy) is 2. The Kier molecular flexibility index (Phi) is 3.37. The fourth-order valence-corrected chi connectivity index (χ4v) is 1.72. The van der Waals surface area contributed by atoms with E-state index in [1.54, 1.807) is 0 Å². The van der Waals surface area contributed by atoms with Gasteiger partial charge in [-0.1, -0.05) is 0 Å². The van der Waals surface area contributed by atoms with Crippen molar-refractivity contribution in [2.24, 2.45) is 0 Å². The van der Waals surface area contributed by atoms with Crippen molar-refractivity contribution in [1.82, 2.24) is 0 Å². The first-order valence-electron chi connectivity index (χ1n) is 5.45. The molecule has 1 aromatic rings. The van der Waals surface area contributed by atoms with Gasteiger partial charge in [-0.15, -0.1) is 0 Å². The van der Waals surface area contributed by atoms with Gasteiger partial charge in [-0.05, 0) is 12.1 Å². The zero-order chi connectivity index (χ0) is 14.0. The maximum atomic E-state index is 11.7. The molecule has 0 fully saturated rings. The fourth-order valence-electron chi connectivity index (χ4n) is 1.72. The molecule has 0 saturated carbocycles. The van der Waals surface area contributed by atoms with Crippen molar-refractivity contribution >= 4 is 23.5 Å². The van der Waals surface area contributed by atoms with Crippen molar-refractivity contribution in [2.45, 2.75) is 6.92 Å². The van der Waals surface area contributed by atoms with E-state index in [4.69, 9.17) is 14.6 Å². The summed E-state index contributed by atoms with van der Waals surface area (Å²) in [4.78, 5) is 34.4. The Balaban J connectivity index is 2.37. The van der Waals surface area contributed by atoms with Gasteiger partial charge in [0.2, 0.25) is 0 Å². The molecule has 0 atom stereocenters. The molecule has 1 heterocycles. The topological polar surface area (TPSA) is 93.1 Å². The van der Waals surface area contributed by atoms with Crippen LogP contribution < -0.4 is 14.4 Å². The molecular formula is C12H11NO6. The first kappa shape index (κ1) is 12.9. The Bertz CT molecular complexity index is 553. The second kappa shape index (κ2) is 4.97.